The number of hydrogen-bond acceptors (Lipinski definition) is 3. The van der Waals surface area contributed by atoms with Crippen molar-refractivity contribution in [3.8, 4) is 0 Å². The normalized spacial score (nSPS) is 12.8. The molecule has 0 radical (unpaired) electrons. The molecule has 0 fully saturated rings. The molecule has 1 atom stereocenters. The van der Waals surface area contributed by atoms with Crippen molar-refractivity contribution in [2.45, 2.75) is 38.1 Å². The maximum absolute atomic E-state index is 12.8. The molecule has 0 spiro atoms. The Labute approximate surface area is 142 Å². The van der Waals surface area contributed by atoms with Crippen LogP contribution in [0.3, 0.4) is 0 Å². The molecule has 128 valence electrons. The van der Waals surface area contributed by atoms with Crippen LogP contribution in [0, 0.1) is 20.8 Å². The van der Waals surface area contributed by atoms with Crippen LogP contribution in [-0.4, -0.2) is 19.5 Å². The molecule has 2 N–H and O–H groups in total. The molecule has 0 bridgehead atoms. The number of aliphatic carboxylic acids is 1. The van der Waals surface area contributed by atoms with Gasteiger partial charge in [-0.25, -0.2) is 13.1 Å². The van der Waals surface area contributed by atoms with Crippen molar-refractivity contribution in [1.29, 1.82) is 0 Å². The lowest BCUT2D eigenvalue weighted by atomic mass is 10.1. The van der Waals surface area contributed by atoms with Gasteiger partial charge in [0.1, 0.15) is 0 Å². The van der Waals surface area contributed by atoms with E-state index in [2.05, 4.69) is 4.72 Å². The summed E-state index contributed by atoms with van der Waals surface area (Å²) in [6, 6.07) is 11.3. The molecular weight excluding hydrogens is 326 g/mol. The molecule has 2 rings (SSSR count). The Morgan fingerprint density at radius 1 is 1.04 bits per heavy atom. The maximum atomic E-state index is 12.8. The lowest BCUT2D eigenvalue weighted by molar-refractivity contribution is -0.137. The third-order valence-corrected chi connectivity index (χ3v) is 5.57. The van der Waals surface area contributed by atoms with Crippen LogP contribution in [0.4, 0.5) is 0 Å². The summed E-state index contributed by atoms with van der Waals surface area (Å²) in [5.41, 5.74) is 3.13. The molecule has 1 unspecified atom stereocenters. The van der Waals surface area contributed by atoms with Crippen LogP contribution in [0.1, 0.15) is 34.7 Å². The van der Waals surface area contributed by atoms with E-state index >= 15 is 0 Å². The van der Waals surface area contributed by atoms with Gasteiger partial charge in [-0.3, -0.25) is 4.79 Å². The summed E-state index contributed by atoms with van der Waals surface area (Å²) in [6.45, 7) is 5.50. The number of hydrogen-bond donors (Lipinski definition) is 2. The summed E-state index contributed by atoms with van der Waals surface area (Å²) in [7, 11) is -3.84. The molecule has 24 heavy (non-hydrogen) atoms. The smallest absolute Gasteiger partial charge is 0.305 e. The third-order valence-electron chi connectivity index (χ3n) is 3.96. The Hall–Kier alpha value is -2.18. The highest BCUT2D eigenvalue weighted by Gasteiger charge is 2.25. The Morgan fingerprint density at radius 3 is 2.21 bits per heavy atom. The van der Waals surface area contributed by atoms with Crippen LogP contribution in [0.15, 0.2) is 47.4 Å². The molecule has 0 saturated carbocycles. The Balaban J connectivity index is 2.41. The van der Waals surface area contributed by atoms with E-state index in [0.29, 0.717) is 11.1 Å². The molecule has 0 amide bonds. The van der Waals surface area contributed by atoms with Crippen molar-refractivity contribution in [2.75, 3.05) is 0 Å². The van der Waals surface area contributed by atoms with E-state index in [1.54, 1.807) is 43.3 Å². The fourth-order valence-corrected chi connectivity index (χ4v) is 4.10. The third kappa shape index (κ3) is 4.21. The number of aryl methyl sites for hydroxylation is 3. The van der Waals surface area contributed by atoms with Crippen LogP contribution in [0.5, 0.6) is 0 Å². The lowest BCUT2D eigenvalue weighted by Crippen LogP contribution is -2.30. The predicted octanol–water partition coefficient (Wildman–Crippen LogP) is 3.11. The number of carboxylic acid groups (broad SMARTS) is 1. The van der Waals surface area contributed by atoms with E-state index in [1.165, 1.54) is 0 Å². The molecule has 0 saturated heterocycles. The Kier molecular flexibility index (Phi) is 5.41. The maximum Gasteiger partial charge on any atom is 0.305 e. The van der Waals surface area contributed by atoms with E-state index in [9.17, 15) is 13.2 Å². The molecule has 2 aromatic carbocycles. The van der Waals surface area contributed by atoms with Crippen LogP contribution in [0.2, 0.25) is 0 Å². The average Bonchev–Trinajstić information content (AvgIpc) is 2.50. The van der Waals surface area contributed by atoms with Gasteiger partial charge in [0.15, 0.2) is 0 Å². The summed E-state index contributed by atoms with van der Waals surface area (Å²) in [4.78, 5) is 11.3. The highest BCUT2D eigenvalue weighted by Crippen LogP contribution is 2.24. The largest absolute Gasteiger partial charge is 0.481 e. The van der Waals surface area contributed by atoms with Crippen LogP contribution in [-0.2, 0) is 14.8 Å². The van der Waals surface area contributed by atoms with Gasteiger partial charge >= 0.3 is 5.97 Å². The quantitative estimate of drug-likeness (QED) is 0.841. The number of carbonyl (C=O) groups is 1. The van der Waals surface area contributed by atoms with Crippen molar-refractivity contribution in [2.24, 2.45) is 0 Å². The second-order valence-electron chi connectivity index (χ2n) is 5.88. The topological polar surface area (TPSA) is 83.5 Å². The van der Waals surface area contributed by atoms with Crippen molar-refractivity contribution in [1.82, 2.24) is 4.72 Å². The number of benzene rings is 2. The number of rotatable bonds is 6. The molecule has 0 aliphatic heterocycles. The monoisotopic (exact) mass is 347 g/mol. The molecular formula is C18H21NO4S. The van der Waals surface area contributed by atoms with Gasteiger partial charge < -0.3 is 5.11 Å². The van der Waals surface area contributed by atoms with Crippen molar-refractivity contribution >= 4 is 16.0 Å². The number of nitrogens with one attached hydrogen (secondary N) is 1. The first-order chi connectivity index (χ1) is 11.2. The van der Waals surface area contributed by atoms with Crippen molar-refractivity contribution in [3.05, 3.63) is 64.7 Å². The van der Waals surface area contributed by atoms with E-state index < -0.39 is 22.0 Å². The first-order valence-electron chi connectivity index (χ1n) is 7.57. The summed E-state index contributed by atoms with van der Waals surface area (Å²) < 4.78 is 28.1. The first-order valence-corrected chi connectivity index (χ1v) is 9.06. The lowest BCUT2D eigenvalue weighted by Gasteiger charge is -2.19. The van der Waals surface area contributed by atoms with E-state index in [4.69, 9.17) is 5.11 Å². The molecule has 5 nitrogen and oxygen atoms in total. The van der Waals surface area contributed by atoms with Gasteiger partial charge in [-0.05, 0) is 49.1 Å². The van der Waals surface area contributed by atoms with Gasteiger partial charge in [-0.1, -0.05) is 36.4 Å². The summed E-state index contributed by atoms with van der Waals surface area (Å²) in [5, 5.41) is 9.11. The van der Waals surface area contributed by atoms with Gasteiger partial charge in [-0.2, -0.15) is 0 Å². The van der Waals surface area contributed by atoms with Crippen LogP contribution in [0.25, 0.3) is 0 Å². The SMILES string of the molecule is Cc1cc(C)c(S(=O)(=O)NC(CC(=O)O)c2ccccc2)cc1C. The molecule has 0 aromatic heterocycles. The summed E-state index contributed by atoms with van der Waals surface area (Å²) in [5.74, 6) is -1.07. The molecule has 0 aliphatic rings. The zero-order chi connectivity index (χ0) is 17.9. The molecule has 0 heterocycles. The fraction of sp³-hybridized carbons (Fsp3) is 0.278. The highest BCUT2D eigenvalue weighted by atomic mass is 32.2. The first kappa shape index (κ1) is 18.2. The molecule has 2 aromatic rings. The summed E-state index contributed by atoms with van der Waals surface area (Å²) >= 11 is 0. The zero-order valence-corrected chi connectivity index (χ0v) is 14.7. The van der Waals surface area contributed by atoms with Crippen LogP contribution >= 0.6 is 0 Å². The van der Waals surface area contributed by atoms with E-state index in [-0.39, 0.29) is 11.3 Å². The standard InChI is InChI=1S/C18H21NO4S/c1-12-9-14(3)17(10-13(12)2)24(22,23)19-16(11-18(20)21)15-7-5-4-6-8-15/h4-10,16,19H,11H2,1-3H3,(H,20,21). The van der Waals surface area contributed by atoms with Gasteiger partial charge in [0.05, 0.1) is 17.4 Å². The minimum Gasteiger partial charge on any atom is -0.481 e. The average molecular weight is 347 g/mol. The predicted molar refractivity (Wildman–Crippen MR) is 92.4 cm³/mol. The zero-order valence-electron chi connectivity index (χ0n) is 13.9. The minimum atomic E-state index is -3.84. The van der Waals surface area contributed by atoms with Gasteiger partial charge in [0, 0.05) is 0 Å². The van der Waals surface area contributed by atoms with Crippen molar-refractivity contribution in [3.63, 3.8) is 0 Å². The second kappa shape index (κ2) is 7.15. The Morgan fingerprint density at radius 2 is 1.62 bits per heavy atom. The minimum absolute atomic E-state index is 0.178. The van der Waals surface area contributed by atoms with E-state index in [0.717, 1.165) is 11.1 Å². The Bertz CT molecular complexity index is 845. The fourth-order valence-electron chi connectivity index (χ4n) is 2.56. The van der Waals surface area contributed by atoms with Gasteiger partial charge in [0.25, 0.3) is 0 Å². The number of sulfonamides is 1. The van der Waals surface area contributed by atoms with E-state index in [1.807, 2.05) is 19.9 Å². The number of carboxylic acids is 1. The van der Waals surface area contributed by atoms with Gasteiger partial charge in [0.2, 0.25) is 10.0 Å². The van der Waals surface area contributed by atoms with Crippen LogP contribution < -0.4 is 4.72 Å². The molecule has 0 aliphatic carbocycles. The second-order valence-corrected chi connectivity index (χ2v) is 7.57. The highest BCUT2D eigenvalue weighted by molar-refractivity contribution is 7.89. The summed E-state index contributed by atoms with van der Waals surface area (Å²) in [6.07, 6.45) is -0.326. The van der Waals surface area contributed by atoms with Gasteiger partial charge in [-0.15, -0.1) is 0 Å². The molecule has 6 heteroatoms. The van der Waals surface area contributed by atoms with Crippen molar-refractivity contribution < 1.29 is 18.3 Å².